The zero-order valence-electron chi connectivity index (χ0n) is 39.6. The molecule has 1 amide bonds. The standard InChI is InChI=1S/C49H58N8O7S2Si/c1-48(2,3)63-44(59)40-38(22-15-25-62-33-18-13-17-32(28-33)39-41(51-7)42(50)57(54-39)47(60)64-49(4,5)6)66-45(53-40)55-24-23-31-16-14-19-34(35(31)29-55)43(58)56(30-61-26-27-67(8,9)10)46-52-36-20-11-12-21-37(36)65-46/h11-14,16-21,28H,15,22-27,29-30,50H2,1-6,8-10H3. The summed E-state index contributed by atoms with van der Waals surface area (Å²) in [5.41, 5.74) is 9.11. The number of carbonyl (C=O) groups excluding carboxylic acids is 3. The first-order valence-corrected chi connectivity index (χ1v) is 27.6. The third-order valence-electron chi connectivity index (χ3n) is 10.5. The fourth-order valence-electron chi connectivity index (χ4n) is 7.26. The maximum Gasteiger partial charge on any atom is 0.435 e. The molecule has 0 unspecified atom stereocenters. The topological polar surface area (TPSA) is 169 Å². The molecule has 352 valence electrons. The summed E-state index contributed by atoms with van der Waals surface area (Å²) in [6.45, 7) is 27.3. The maximum atomic E-state index is 14.7. The van der Waals surface area contributed by atoms with Gasteiger partial charge in [0.25, 0.3) is 11.6 Å². The Kier molecular flexibility index (Phi) is 14.6. The predicted octanol–water partition coefficient (Wildman–Crippen LogP) is 11.0. The number of nitrogen functional groups attached to an aromatic ring is 1. The van der Waals surface area contributed by atoms with E-state index in [0.717, 1.165) is 36.9 Å². The van der Waals surface area contributed by atoms with Crippen LogP contribution >= 0.6 is 22.7 Å². The number of nitrogens with zero attached hydrogens (tertiary/aromatic N) is 7. The first-order chi connectivity index (χ1) is 31.7. The van der Waals surface area contributed by atoms with Crippen LogP contribution in [0.25, 0.3) is 26.3 Å². The smallest absolute Gasteiger partial charge is 0.435 e. The summed E-state index contributed by atoms with van der Waals surface area (Å²) in [5, 5.41) is 5.59. The number of aryl methyl sites for hydroxylation is 1. The number of carbonyl (C=O) groups is 3. The molecule has 0 spiro atoms. The van der Waals surface area contributed by atoms with Gasteiger partial charge >= 0.3 is 12.1 Å². The average Bonchev–Trinajstić information content (AvgIpc) is 3.98. The molecule has 6 aromatic rings. The minimum absolute atomic E-state index is 0.0305. The number of benzene rings is 3. The van der Waals surface area contributed by atoms with E-state index in [-0.39, 0.29) is 35.5 Å². The molecule has 3 aromatic carbocycles. The monoisotopic (exact) mass is 962 g/mol. The van der Waals surface area contributed by atoms with Gasteiger partial charge in [-0.15, -0.1) is 11.3 Å². The van der Waals surface area contributed by atoms with Crippen LogP contribution in [0.15, 0.2) is 66.7 Å². The van der Waals surface area contributed by atoms with Crippen LogP contribution in [0.5, 0.6) is 5.75 Å². The summed E-state index contributed by atoms with van der Waals surface area (Å²) in [4.78, 5) is 59.2. The van der Waals surface area contributed by atoms with E-state index in [0.29, 0.717) is 72.7 Å². The number of ether oxygens (including phenoxy) is 4. The van der Waals surface area contributed by atoms with Crippen molar-refractivity contribution in [1.29, 1.82) is 0 Å². The van der Waals surface area contributed by atoms with Crippen molar-refractivity contribution in [3.8, 4) is 17.0 Å². The van der Waals surface area contributed by atoms with Gasteiger partial charge in [-0.25, -0.2) is 24.4 Å². The van der Waals surface area contributed by atoms with Crippen molar-refractivity contribution in [2.24, 2.45) is 0 Å². The van der Waals surface area contributed by atoms with Crippen molar-refractivity contribution in [2.75, 3.05) is 42.0 Å². The van der Waals surface area contributed by atoms with Crippen molar-refractivity contribution >= 4 is 80.7 Å². The van der Waals surface area contributed by atoms with Gasteiger partial charge in [0.15, 0.2) is 16.0 Å². The summed E-state index contributed by atoms with van der Waals surface area (Å²) < 4.78 is 25.6. The van der Waals surface area contributed by atoms with E-state index in [9.17, 15) is 14.4 Å². The number of anilines is 3. The van der Waals surface area contributed by atoms with Crippen LogP contribution < -0.4 is 20.3 Å². The number of amides is 1. The first kappa shape index (κ1) is 48.8. The molecule has 4 heterocycles. The van der Waals surface area contributed by atoms with Gasteiger partial charge in [0.1, 0.15) is 35.2 Å². The average molecular weight is 963 g/mol. The van der Waals surface area contributed by atoms with Gasteiger partial charge in [-0.05, 0) is 114 Å². The lowest BCUT2D eigenvalue weighted by molar-refractivity contribution is 0.00620. The van der Waals surface area contributed by atoms with Crippen molar-refractivity contribution in [2.45, 2.75) is 104 Å². The zero-order chi connectivity index (χ0) is 48.3. The summed E-state index contributed by atoms with van der Waals surface area (Å²) in [6, 6.07) is 21.8. The fraction of sp³-hybridized carbons (Fsp3) is 0.408. The molecule has 0 saturated heterocycles. The van der Waals surface area contributed by atoms with E-state index in [1.165, 1.54) is 22.7 Å². The molecular formula is C49H58N8O7S2Si. The summed E-state index contributed by atoms with van der Waals surface area (Å²) in [5.74, 6) is -0.280. The Labute approximate surface area is 400 Å². The Morgan fingerprint density at radius 1 is 0.925 bits per heavy atom. The van der Waals surface area contributed by atoms with Gasteiger partial charge < -0.3 is 29.6 Å². The van der Waals surface area contributed by atoms with Crippen LogP contribution in [0.2, 0.25) is 25.7 Å². The molecule has 0 fully saturated rings. The van der Waals surface area contributed by atoms with E-state index in [2.05, 4.69) is 40.6 Å². The van der Waals surface area contributed by atoms with E-state index >= 15 is 0 Å². The molecular weight excluding hydrogens is 905 g/mol. The number of para-hydroxylation sites is 1. The molecule has 0 bridgehead atoms. The highest BCUT2D eigenvalue weighted by molar-refractivity contribution is 7.22. The van der Waals surface area contributed by atoms with Gasteiger partial charge in [0.05, 0.1) is 23.4 Å². The Balaban J connectivity index is 1.09. The van der Waals surface area contributed by atoms with Gasteiger partial charge in [0, 0.05) is 38.2 Å². The SMILES string of the molecule is [C-]#[N+]c1c(-c2cccc(OCCCc3sc(N4CCc5cccc(C(=O)N(COCC[Si](C)(C)C)c6nc7ccccc7s6)c5C4)nc3C(=O)OC(C)(C)C)c2)nn(C(=O)OC(C)(C)C)c1N. The summed E-state index contributed by atoms with van der Waals surface area (Å²) in [7, 11) is -1.37. The second-order valence-corrected chi connectivity index (χ2v) is 27.2. The maximum absolute atomic E-state index is 14.7. The fourth-order valence-corrected chi connectivity index (χ4v) is 10.1. The van der Waals surface area contributed by atoms with Gasteiger partial charge in [-0.2, -0.15) is 9.78 Å². The Morgan fingerprint density at radius 2 is 1.67 bits per heavy atom. The minimum Gasteiger partial charge on any atom is -0.494 e. The molecule has 2 N–H and O–H groups in total. The predicted molar refractivity (Wildman–Crippen MR) is 268 cm³/mol. The normalized spacial score (nSPS) is 13.0. The highest BCUT2D eigenvalue weighted by atomic mass is 32.1. The van der Waals surface area contributed by atoms with Gasteiger partial charge in [-0.1, -0.05) is 67.4 Å². The molecule has 3 aromatic heterocycles. The molecule has 7 rings (SSSR count). The third-order valence-corrected chi connectivity index (χ3v) is 14.5. The molecule has 67 heavy (non-hydrogen) atoms. The Morgan fingerprint density at radius 3 is 2.39 bits per heavy atom. The minimum atomic E-state index is -1.37. The van der Waals surface area contributed by atoms with Gasteiger partial charge in [-0.3, -0.25) is 9.69 Å². The first-order valence-electron chi connectivity index (χ1n) is 22.2. The van der Waals surface area contributed by atoms with Crippen LogP contribution in [0.4, 0.5) is 26.6 Å². The highest BCUT2D eigenvalue weighted by Gasteiger charge is 2.31. The summed E-state index contributed by atoms with van der Waals surface area (Å²) >= 11 is 2.91. The quantitative estimate of drug-likeness (QED) is 0.0340. The van der Waals surface area contributed by atoms with Crippen LogP contribution in [0.3, 0.4) is 0 Å². The van der Waals surface area contributed by atoms with E-state index in [4.69, 9.17) is 41.2 Å². The number of hydrogen-bond donors (Lipinski definition) is 1. The number of rotatable bonds is 15. The number of aromatic nitrogens is 4. The molecule has 0 aliphatic carbocycles. The molecule has 18 heteroatoms. The van der Waals surface area contributed by atoms with Crippen molar-refractivity contribution < 1.29 is 33.3 Å². The van der Waals surface area contributed by atoms with Crippen molar-refractivity contribution in [1.82, 2.24) is 19.7 Å². The molecule has 0 radical (unpaired) electrons. The van der Waals surface area contributed by atoms with Crippen LogP contribution in [-0.2, 0) is 33.6 Å². The number of hydrogen-bond acceptors (Lipinski definition) is 14. The molecule has 0 atom stereocenters. The van der Waals surface area contributed by atoms with Gasteiger partial charge in [0.2, 0.25) is 0 Å². The number of fused-ring (bicyclic) bond motifs is 2. The Bertz CT molecular complexity index is 2790. The molecule has 15 nitrogen and oxygen atoms in total. The van der Waals surface area contributed by atoms with Crippen LogP contribution in [0.1, 0.15) is 84.8 Å². The Hall–Kier alpha value is -6.13. The van der Waals surface area contributed by atoms with Crippen LogP contribution in [0, 0.1) is 6.57 Å². The summed E-state index contributed by atoms with van der Waals surface area (Å²) in [6.07, 6.45) is 0.915. The second-order valence-electron chi connectivity index (χ2n) is 19.5. The lowest BCUT2D eigenvalue weighted by atomic mass is 9.94. The van der Waals surface area contributed by atoms with Crippen LogP contribution in [-0.4, -0.2) is 83.5 Å². The molecule has 1 aliphatic heterocycles. The third kappa shape index (κ3) is 12.1. The lowest BCUT2D eigenvalue weighted by Crippen LogP contribution is -2.37. The number of esters is 1. The highest BCUT2D eigenvalue weighted by Crippen LogP contribution is 2.38. The zero-order valence-corrected chi connectivity index (χ0v) is 42.2. The van der Waals surface area contributed by atoms with E-state index in [1.807, 2.05) is 57.2 Å². The number of nitrogens with two attached hydrogens (primary N) is 1. The van der Waals surface area contributed by atoms with E-state index in [1.54, 1.807) is 49.9 Å². The second kappa shape index (κ2) is 20.0. The van der Waals surface area contributed by atoms with E-state index < -0.39 is 31.3 Å². The molecule has 0 saturated carbocycles. The number of thiazole rings is 2. The van der Waals surface area contributed by atoms with Crippen molar-refractivity contribution in [3.05, 3.63) is 105 Å². The lowest BCUT2D eigenvalue weighted by Gasteiger charge is -2.31. The van der Waals surface area contributed by atoms with Crippen molar-refractivity contribution in [3.63, 3.8) is 0 Å². The molecule has 1 aliphatic rings. The largest absolute Gasteiger partial charge is 0.494 e.